The third kappa shape index (κ3) is 5.30. The number of nitrogens with one attached hydrogen (secondary N) is 1. The predicted octanol–water partition coefficient (Wildman–Crippen LogP) is 3.62. The number of hydrogen-bond donors (Lipinski definition) is 2. The SMILES string of the molecule is O=c1ccc(-c2cccc(O)c2)nn1Cc1ccc2[nH]nc(-c3cn(-c4ccc(CN5CCOCC5)cc4)nn3)c2c1. The number of nitrogens with zero attached hydrogens (tertiary/aromatic N) is 7. The molecule has 0 atom stereocenters. The van der Waals surface area contributed by atoms with Crippen LogP contribution in [0.2, 0.25) is 0 Å². The van der Waals surface area contributed by atoms with E-state index in [1.165, 1.54) is 16.3 Å². The predicted molar refractivity (Wildman–Crippen MR) is 157 cm³/mol. The third-order valence-electron chi connectivity index (χ3n) is 7.41. The number of aromatic hydroxyl groups is 1. The molecule has 1 aliphatic heterocycles. The van der Waals surface area contributed by atoms with Crippen molar-refractivity contribution in [3.05, 3.63) is 107 Å². The zero-order valence-electron chi connectivity index (χ0n) is 22.7. The number of H-pyrrole nitrogens is 1. The van der Waals surface area contributed by atoms with E-state index in [0.717, 1.165) is 60.6 Å². The lowest BCUT2D eigenvalue weighted by Gasteiger charge is -2.26. The van der Waals surface area contributed by atoms with Gasteiger partial charge >= 0.3 is 0 Å². The maximum absolute atomic E-state index is 12.6. The molecule has 0 aliphatic carbocycles. The lowest BCUT2D eigenvalue weighted by atomic mass is 10.1. The Kier molecular flexibility index (Phi) is 6.78. The summed E-state index contributed by atoms with van der Waals surface area (Å²) in [5, 5.41) is 31.6. The lowest BCUT2D eigenvalue weighted by Crippen LogP contribution is -2.35. The number of benzene rings is 3. The molecular formula is C31H28N8O3. The number of morpholine rings is 1. The van der Waals surface area contributed by atoms with Gasteiger partial charge in [0.2, 0.25) is 0 Å². The van der Waals surface area contributed by atoms with Crippen LogP contribution in [0.5, 0.6) is 5.75 Å². The minimum Gasteiger partial charge on any atom is -0.508 e. The summed E-state index contributed by atoms with van der Waals surface area (Å²) in [6.45, 7) is 4.64. The van der Waals surface area contributed by atoms with Crippen LogP contribution in [0.3, 0.4) is 0 Å². The van der Waals surface area contributed by atoms with E-state index in [0.29, 0.717) is 17.1 Å². The maximum Gasteiger partial charge on any atom is 0.267 e. The van der Waals surface area contributed by atoms with Crippen molar-refractivity contribution in [2.75, 3.05) is 26.3 Å². The van der Waals surface area contributed by atoms with Gasteiger partial charge in [-0.25, -0.2) is 9.36 Å². The van der Waals surface area contributed by atoms with E-state index in [1.54, 1.807) is 28.9 Å². The molecule has 0 unspecified atom stereocenters. The Hall–Kier alpha value is -5.13. The van der Waals surface area contributed by atoms with E-state index in [4.69, 9.17) is 4.74 Å². The fraction of sp³-hybridized carbons (Fsp3) is 0.194. The second-order valence-corrected chi connectivity index (χ2v) is 10.3. The lowest BCUT2D eigenvalue weighted by molar-refractivity contribution is 0.0342. The van der Waals surface area contributed by atoms with Gasteiger partial charge in [0, 0.05) is 36.7 Å². The number of phenolic OH excluding ortho intramolecular Hbond substituents is 1. The minimum atomic E-state index is -0.217. The molecule has 11 heteroatoms. The minimum absolute atomic E-state index is 0.141. The molecule has 0 radical (unpaired) electrons. The average Bonchev–Trinajstić information content (AvgIpc) is 3.67. The maximum atomic E-state index is 12.6. The van der Waals surface area contributed by atoms with Gasteiger partial charge in [-0.15, -0.1) is 5.10 Å². The molecule has 42 heavy (non-hydrogen) atoms. The number of ether oxygens (including phenoxy) is 1. The number of fused-ring (bicyclic) bond motifs is 1. The van der Waals surface area contributed by atoms with Gasteiger partial charge < -0.3 is 9.84 Å². The molecule has 1 aliphatic rings. The first kappa shape index (κ1) is 25.8. The fourth-order valence-electron chi connectivity index (χ4n) is 5.18. The Labute approximate surface area is 240 Å². The molecule has 1 saturated heterocycles. The molecule has 1 fully saturated rings. The van der Waals surface area contributed by atoms with Gasteiger partial charge in [0.15, 0.2) is 0 Å². The molecule has 2 N–H and O–H groups in total. The van der Waals surface area contributed by atoms with Crippen LogP contribution in [0.4, 0.5) is 0 Å². The topological polar surface area (TPSA) is 127 Å². The fourth-order valence-corrected chi connectivity index (χ4v) is 5.18. The van der Waals surface area contributed by atoms with Gasteiger partial charge in [-0.3, -0.25) is 14.8 Å². The van der Waals surface area contributed by atoms with E-state index in [9.17, 15) is 9.90 Å². The van der Waals surface area contributed by atoms with Crippen molar-refractivity contribution in [1.29, 1.82) is 0 Å². The van der Waals surface area contributed by atoms with Crippen LogP contribution >= 0.6 is 0 Å². The van der Waals surface area contributed by atoms with Gasteiger partial charge in [0.25, 0.3) is 5.56 Å². The quantitative estimate of drug-likeness (QED) is 0.303. The van der Waals surface area contributed by atoms with E-state index in [-0.39, 0.29) is 17.9 Å². The smallest absolute Gasteiger partial charge is 0.267 e. The van der Waals surface area contributed by atoms with Crippen LogP contribution < -0.4 is 5.56 Å². The Morgan fingerprint density at radius 1 is 0.881 bits per heavy atom. The van der Waals surface area contributed by atoms with Crippen molar-refractivity contribution in [1.82, 2.24) is 39.9 Å². The highest BCUT2D eigenvalue weighted by Gasteiger charge is 2.15. The second kappa shape index (κ2) is 11.0. The summed E-state index contributed by atoms with van der Waals surface area (Å²) in [7, 11) is 0. The van der Waals surface area contributed by atoms with Crippen LogP contribution in [-0.2, 0) is 17.8 Å². The number of hydrogen-bond acceptors (Lipinski definition) is 8. The van der Waals surface area contributed by atoms with Crippen molar-refractivity contribution < 1.29 is 9.84 Å². The standard InChI is InChI=1S/C31H28N8O3/c40-25-3-1-2-23(17-25)27-10-11-30(41)39(35-27)19-22-6-9-28-26(16-22)31(34-32-28)29-20-38(36-33-29)24-7-4-21(5-8-24)18-37-12-14-42-15-13-37/h1-11,16-17,20,40H,12-15,18-19H2,(H,32,34). The van der Waals surface area contributed by atoms with Gasteiger partial charge in [-0.05, 0) is 53.6 Å². The van der Waals surface area contributed by atoms with Crippen LogP contribution in [0.25, 0.3) is 39.2 Å². The summed E-state index contributed by atoms with van der Waals surface area (Å²) in [5.74, 6) is 0.141. The van der Waals surface area contributed by atoms with Crippen LogP contribution in [0, 0.1) is 0 Å². The number of aromatic nitrogens is 7. The van der Waals surface area contributed by atoms with Crippen LogP contribution in [0.1, 0.15) is 11.1 Å². The van der Waals surface area contributed by atoms with Crippen LogP contribution in [0.15, 0.2) is 89.9 Å². The number of aromatic amines is 1. The molecule has 4 heterocycles. The molecule has 210 valence electrons. The third-order valence-corrected chi connectivity index (χ3v) is 7.41. The molecule has 0 saturated carbocycles. The summed E-state index contributed by atoms with van der Waals surface area (Å²) < 4.78 is 8.60. The molecular weight excluding hydrogens is 532 g/mol. The molecule has 7 rings (SSSR count). The van der Waals surface area contributed by atoms with Gasteiger partial charge in [-0.2, -0.15) is 10.2 Å². The number of rotatable bonds is 7. The summed E-state index contributed by atoms with van der Waals surface area (Å²) >= 11 is 0. The molecule has 0 amide bonds. The first-order valence-corrected chi connectivity index (χ1v) is 13.8. The summed E-state index contributed by atoms with van der Waals surface area (Å²) in [6, 6.07) is 24.1. The number of phenols is 1. The monoisotopic (exact) mass is 560 g/mol. The summed E-state index contributed by atoms with van der Waals surface area (Å²) in [6.07, 6.45) is 1.87. The van der Waals surface area contributed by atoms with E-state index < -0.39 is 0 Å². The molecule has 11 nitrogen and oxygen atoms in total. The zero-order valence-corrected chi connectivity index (χ0v) is 22.7. The molecule has 6 aromatic rings. The Morgan fingerprint density at radius 2 is 1.71 bits per heavy atom. The Morgan fingerprint density at radius 3 is 2.55 bits per heavy atom. The first-order chi connectivity index (χ1) is 20.6. The Balaban J connectivity index is 1.12. The van der Waals surface area contributed by atoms with E-state index in [2.05, 4.69) is 42.6 Å². The van der Waals surface area contributed by atoms with E-state index >= 15 is 0 Å². The summed E-state index contributed by atoms with van der Waals surface area (Å²) in [5.41, 5.74) is 6.32. The van der Waals surface area contributed by atoms with Crippen molar-refractivity contribution >= 4 is 10.9 Å². The molecule has 3 aromatic carbocycles. The van der Waals surface area contributed by atoms with Gasteiger partial charge in [-0.1, -0.05) is 35.5 Å². The first-order valence-electron chi connectivity index (χ1n) is 13.8. The van der Waals surface area contributed by atoms with Crippen molar-refractivity contribution in [2.24, 2.45) is 0 Å². The normalized spacial score (nSPS) is 14.0. The van der Waals surface area contributed by atoms with E-state index in [1.807, 2.05) is 42.6 Å². The largest absolute Gasteiger partial charge is 0.508 e. The molecule has 0 bridgehead atoms. The van der Waals surface area contributed by atoms with Crippen molar-refractivity contribution in [3.63, 3.8) is 0 Å². The zero-order chi connectivity index (χ0) is 28.5. The highest BCUT2D eigenvalue weighted by atomic mass is 16.5. The van der Waals surface area contributed by atoms with Crippen molar-refractivity contribution in [2.45, 2.75) is 13.1 Å². The average molecular weight is 561 g/mol. The summed E-state index contributed by atoms with van der Waals surface area (Å²) in [4.78, 5) is 15.0. The van der Waals surface area contributed by atoms with Gasteiger partial charge in [0.05, 0.1) is 42.9 Å². The molecule has 0 spiro atoms. The van der Waals surface area contributed by atoms with Crippen LogP contribution in [-0.4, -0.2) is 71.3 Å². The highest BCUT2D eigenvalue weighted by molar-refractivity contribution is 5.92. The second-order valence-electron chi connectivity index (χ2n) is 10.3. The highest BCUT2D eigenvalue weighted by Crippen LogP contribution is 2.27. The van der Waals surface area contributed by atoms with Gasteiger partial charge in [0.1, 0.15) is 17.1 Å². The van der Waals surface area contributed by atoms with Crippen molar-refractivity contribution in [3.8, 4) is 34.1 Å². The molecule has 3 aromatic heterocycles. The Bertz CT molecular complexity index is 1920.